The summed E-state index contributed by atoms with van der Waals surface area (Å²) in [7, 11) is 0. The van der Waals surface area contributed by atoms with Crippen LogP contribution in [0.1, 0.15) is 46.0 Å². The van der Waals surface area contributed by atoms with E-state index in [2.05, 4.69) is 25.2 Å². The molecule has 0 amide bonds. The van der Waals surface area contributed by atoms with Gasteiger partial charge in [-0.1, -0.05) is 25.5 Å². The first-order chi connectivity index (χ1) is 7.72. The Hall–Kier alpha value is -0.340. The highest BCUT2D eigenvalue weighted by Crippen LogP contribution is 2.40. The van der Waals surface area contributed by atoms with E-state index in [9.17, 15) is 5.11 Å². The number of nitrogens with one attached hydrogen (secondary N) is 1. The van der Waals surface area contributed by atoms with E-state index >= 15 is 0 Å². The number of fused-ring (bicyclic) bond motifs is 1. The Morgan fingerprint density at radius 2 is 2.19 bits per heavy atom. The summed E-state index contributed by atoms with van der Waals surface area (Å²) in [4.78, 5) is 0. The number of aliphatic hydroxyl groups excluding tert-OH is 1. The molecule has 0 spiro atoms. The average Bonchev–Trinajstić information content (AvgIpc) is 2.31. The summed E-state index contributed by atoms with van der Waals surface area (Å²) in [6.07, 6.45) is 8.16. The molecule has 0 saturated heterocycles. The summed E-state index contributed by atoms with van der Waals surface area (Å²) < 4.78 is 0. The van der Waals surface area contributed by atoms with Crippen molar-refractivity contribution in [3.8, 4) is 0 Å². The van der Waals surface area contributed by atoms with Crippen LogP contribution in [0.3, 0.4) is 0 Å². The summed E-state index contributed by atoms with van der Waals surface area (Å²) in [5.41, 5.74) is 1.61. The SMILES string of the molecule is CCCNC1C=C2CCC(O)C(C)C2CC1. The molecule has 0 aromatic rings. The number of aliphatic hydroxyl groups is 1. The molecule has 2 aliphatic carbocycles. The van der Waals surface area contributed by atoms with Crippen LogP contribution in [0.2, 0.25) is 0 Å². The fourth-order valence-corrected chi connectivity index (χ4v) is 3.22. The molecule has 2 aliphatic rings. The molecule has 1 saturated carbocycles. The highest BCUT2D eigenvalue weighted by Gasteiger charge is 2.34. The molecule has 0 aliphatic heterocycles. The molecule has 0 bridgehead atoms. The summed E-state index contributed by atoms with van der Waals surface area (Å²) in [6.45, 7) is 5.55. The highest BCUT2D eigenvalue weighted by atomic mass is 16.3. The van der Waals surface area contributed by atoms with Crippen LogP contribution in [0.5, 0.6) is 0 Å². The van der Waals surface area contributed by atoms with Crippen LogP contribution < -0.4 is 5.32 Å². The van der Waals surface area contributed by atoms with Crippen LogP contribution in [-0.2, 0) is 0 Å². The minimum absolute atomic E-state index is 0.0673. The fourth-order valence-electron chi connectivity index (χ4n) is 3.22. The third-order valence-electron chi connectivity index (χ3n) is 4.31. The van der Waals surface area contributed by atoms with E-state index in [1.165, 1.54) is 19.3 Å². The van der Waals surface area contributed by atoms with Gasteiger partial charge in [-0.15, -0.1) is 0 Å². The fraction of sp³-hybridized carbons (Fsp3) is 0.857. The van der Waals surface area contributed by atoms with Crippen LogP contribution in [-0.4, -0.2) is 23.8 Å². The average molecular weight is 223 g/mol. The first-order valence-electron chi connectivity index (χ1n) is 6.84. The predicted octanol–water partition coefficient (Wildman–Crippen LogP) is 2.48. The number of hydrogen-bond acceptors (Lipinski definition) is 2. The first kappa shape index (κ1) is 12.1. The zero-order valence-corrected chi connectivity index (χ0v) is 10.6. The second-order valence-corrected chi connectivity index (χ2v) is 5.45. The van der Waals surface area contributed by atoms with Gasteiger partial charge in [0.15, 0.2) is 0 Å². The van der Waals surface area contributed by atoms with E-state index in [1.807, 2.05) is 0 Å². The molecule has 2 nitrogen and oxygen atoms in total. The van der Waals surface area contributed by atoms with Crippen LogP contribution in [0, 0.1) is 11.8 Å². The quantitative estimate of drug-likeness (QED) is 0.720. The van der Waals surface area contributed by atoms with Crippen molar-refractivity contribution in [2.24, 2.45) is 11.8 Å². The smallest absolute Gasteiger partial charge is 0.0574 e. The zero-order chi connectivity index (χ0) is 11.5. The monoisotopic (exact) mass is 223 g/mol. The topological polar surface area (TPSA) is 32.3 Å². The molecular weight excluding hydrogens is 198 g/mol. The van der Waals surface area contributed by atoms with Crippen LogP contribution in [0.25, 0.3) is 0 Å². The van der Waals surface area contributed by atoms with E-state index < -0.39 is 0 Å². The second-order valence-electron chi connectivity index (χ2n) is 5.45. The molecule has 0 heterocycles. The van der Waals surface area contributed by atoms with Gasteiger partial charge in [0.1, 0.15) is 0 Å². The highest BCUT2D eigenvalue weighted by molar-refractivity contribution is 5.18. The molecule has 2 heteroatoms. The van der Waals surface area contributed by atoms with Crippen LogP contribution in [0.4, 0.5) is 0 Å². The molecule has 2 rings (SSSR count). The van der Waals surface area contributed by atoms with E-state index in [0.717, 1.165) is 19.4 Å². The molecule has 0 aromatic carbocycles. The summed E-state index contributed by atoms with van der Waals surface area (Å²) in [5.74, 6) is 1.12. The molecular formula is C14H25NO. The third-order valence-corrected chi connectivity index (χ3v) is 4.31. The van der Waals surface area contributed by atoms with Crippen molar-refractivity contribution in [1.29, 1.82) is 0 Å². The van der Waals surface area contributed by atoms with Crippen molar-refractivity contribution < 1.29 is 5.11 Å². The van der Waals surface area contributed by atoms with Gasteiger partial charge in [0.05, 0.1) is 6.10 Å². The largest absolute Gasteiger partial charge is 0.393 e. The standard InChI is InChI=1S/C14H25NO/c1-3-8-15-12-5-6-13-10(2)14(16)7-4-11(13)9-12/h9-10,12-16H,3-8H2,1-2H3. The minimum Gasteiger partial charge on any atom is -0.393 e. The molecule has 0 radical (unpaired) electrons. The molecule has 16 heavy (non-hydrogen) atoms. The molecule has 4 unspecified atom stereocenters. The van der Waals surface area contributed by atoms with E-state index in [1.54, 1.807) is 5.57 Å². The van der Waals surface area contributed by atoms with Gasteiger partial charge >= 0.3 is 0 Å². The van der Waals surface area contributed by atoms with Gasteiger partial charge in [-0.2, -0.15) is 0 Å². The number of hydrogen-bond donors (Lipinski definition) is 2. The maximum Gasteiger partial charge on any atom is 0.0574 e. The Bertz CT molecular complexity index is 261. The van der Waals surface area contributed by atoms with Gasteiger partial charge in [-0.25, -0.2) is 0 Å². The van der Waals surface area contributed by atoms with Crippen molar-refractivity contribution >= 4 is 0 Å². The van der Waals surface area contributed by atoms with Crippen molar-refractivity contribution in [1.82, 2.24) is 5.32 Å². The van der Waals surface area contributed by atoms with Gasteiger partial charge in [0, 0.05) is 6.04 Å². The van der Waals surface area contributed by atoms with Crippen molar-refractivity contribution in [2.75, 3.05) is 6.54 Å². The number of rotatable bonds is 3. The van der Waals surface area contributed by atoms with Crippen LogP contribution in [0.15, 0.2) is 11.6 Å². The van der Waals surface area contributed by atoms with E-state index in [-0.39, 0.29) is 6.10 Å². The van der Waals surface area contributed by atoms with Crippen molar-refractivity contribution in [3.05, 3.63) is 11.6 Å². The number of allylic oxidation sites excluding steroid dienone is 1. The Morgan fingerprint density at radius 3 is 2.94 bits per heavy atom. The molecule has 4 atom stereocenters. The molecule has 0 aromatic heterocycles. The lowest BCUT2D eigenvalue weighted by atomic mass is 9.69. The van der Waals surface area contributed by atoms with Gasteiger partial charge in [-0.05, 0) is 50.5 Å². The Labute approximate surface area is 99.1 Å². The lowest BCUT2D eigenvalue weighted by Gasteiger charge is -2.39. The summed E-state index contributed by atoms with van der Waals surface area (Å²) in [6, 6.07) is 0.591. The lowest BCUT2D eigenvalue weighted by Crippen LogP contribution is -2.38. The molecule has 1 fully saturated rings. The van der Waals surface area contributed by atoms with Gasteiger partial charge in [0.2, 0.25) is 0 Å². The third kappa shape index (κ3) is 2.49. The van der Waals surface area contributed by atoms with Gasteiger partial charge in [-0.3, -0.25) is 0 Å². The molecule has 2 N–H and O–H groups in total. The predicted molar refractivity (Wildman–Crippen MR) is 67.3 cm³/mol. The maximum atomic E-state index is 9.88. The normalized spacial score (nSPS) is 39.1. The Morgan fingerprint density at radius 1 is 1.38 bits per heavy atom. The summed E-state index contributed by atoms with van der Waals surface area (Å²) >= 11 is 0. The second kappa shape index (κ2) is 5.33. The lowest BCUT2D eigenvalue weighted by molar-refractivity contribution is 0.0589. The Balaban J connectivity index is 1.99. The summed E-state index contributed by atoms with van der Waals surface area (Å²) in [5, 5.41) is 13.5. The zero-order valence-electron chi connectivity index (χ0n) is 10.6. The molecule has 92 valence electrons. The Kier molecular flexibility index (Phi) is 4.04. The van der Waals surface area contributed by atoms with E-state index in [0.29, 0.717) is 17.9 Å². The maximum absolute atomic E-state index is 9.88. The van der Waals surface area contributed by atoms with Crippen molar-refractivity contribution in [3.63, 3.8) is 0 Å². The van der Waals surface area contributed by atoms with Gasteiger partial charge < -0.3 is 10.4 Å². The minimum atomic E-state index is -0.0673. The van der Waals surface area contributed by atoms with Crippen molar-refractivity contribution in [2.45, 2.75) is 58.1 Å². The van der Waals surface area contributed by atoms with Gasteiger partial charge in [0.25, 0.3) is 0 Å². The van der Waals surface area contributed by atoms with Crippen LogP contribution >= 0.6 is 0 Å². The first-order valence-corrected chi connectivity index (χ1v) is 6.84. The van der Waals surface area contributed by atoms with E-state index in [4.69, 9.17) is 0 Å².